The molecular weight excluding hydrogens is 496 g/mol. The molecule has 0 N–H and O–H groups in total. The van der Waals surface area contributed by atoms with Gasteiger partial charge in [-0.25, -0.2) is 9.13 Å². The SMILES string of the molecule is CCCCCCCCCCCCCCCCCCC[n+]1ccn(CCC)c1CCCCCCCCCCCCCC. The third kappa shape index (κ3) is 23.4. The molecule has 41 heavy (non-hydrogen) atoms. The number of nitrogens with zero attached hydrogens (tertiary/aromatic N) is 2. The minimum Gasteiger partial charge on any atom is -0.234 e. The van der Waals surface area contributed by atoms with Crippen molar-refractivity contribution in [2.75, 3.05) is 0 Å². The van der Waals surface area contributed by atoms with E-state index in [-0.39, 0.29) is 0 Å². The summed E-state index contributed by atoms with van der Waals surface area (Å²) in [5, 5.41) is 0. The summed E-state index contributed by atoms with van der Waals surface area (Å²) in [6.07, 6.45) is 49.1. The third-order valence-corrected chi connectivity index (χ3v) is 9.31. The van der Waals surface area contributed by atoms with Crippen LogP contribution in [0.15, 0.2) is 12.4 Å². The summed E-state index contributed by atoms with van der Waals surface area (Å²) in [7, 11) is 0. The summed E-state index contributed by atoms with van der Waals surface area (Å²) in [4.78, 5) is 0. The molecule has 0 saturated heterocycles. The molecule has 1 aromatic heterocycles. The molecule has 0 aliphatic heterocycles. The third-order valence-electron chi connectivity index (χ3n) is 9.31. The first kappa shape index (κ1) is 38.2. The maximum absolute atomic E-state index is 2.60. The fourth-order valence-electron chi connectivity index (χ4n) is 6.56. The molecule has 1 heterocycles. The molecule has 0 spiro atoms. The molecule has 1 rings (SSSR count). The molecule has 0 saturated carbocycles. The smallest absolute Gasteiger partial charge is 0.234 e. The molecule has 0 unspecified atom stereocenters. The Kier molecular flexibility index (Phi) is 28.6. The van der Waals surface area contributed by atoms with E-state index in [4.69, 9.17) is 0 Å². The number of rotatable bonds is 33. The van der Waals surface area contributed by atoms with Gasteiger partial charge < -0.3 is 0 Å². The van der Waals surface area contributed by atoms with E-state index in [9.17, 15) is 0 Å². The van der Waals surface area contributed by atoms with E-state index in [1.165, 1.54) is 212 Å². The number of unbranched alkanes of at least 4 members (excludes halogenated alkanes) is 27. The van der Waals surface area contributed by atoms with E-state index in [1.807, 2.05) is 0 Å². The van der Waals surface area contributed by atoms with Crippen LogP contribution in [0.4, 0.5) is 0 Å². The van der Waals surface area contributed by atoms with E-state index >= 15 is 0 Å². The number of aromatic nitrogens is 2. The van der Waals surface area contributed by atoms with Crippen LogP contribution in [0.25, 0.3) is 0 Å². The van der Waals surface area contributed by atoms with Gasteiger partial charge >= 0.3 is 0 Å². The van der Waals surface area contributed by atoms with E-state index in [0.29, 0.717) is 0 Å². The Morgan fingerprint density at radius 2 is 0.756 bits per heavy atom. The molecule has 0 atom stereocenters. The lowest BCUT2D eigenvalue weighted by atomic mass is 10.0. The first-order valence-corrected chi connectivity index (χ1v) is 19.4. The predicted octanol–water partition coefficient (Wildman–Crippen LogP) is 13.1. The van der Waals surface area contributed by atoms with Gasteiger partial charge in [-0.2, -0.15) is 0 Å². The zero-order chi connectivity index (χ0) is 29.5. The fraction of sp³-hybridized carbons (Fsp3) is 0.923. The number of hydrogen-bond acceptors (Lipinski definition) is 0. The van der Waals surface area contributed by atoms with E-state index in [1.54, 1.807) is 5.82 Å². The van der Waals surface area contributed by atoms with Crippen molar-refractivity contribution in [2.45, 2.75) is 233 Å². The van der Waals surface area contributed by atoms with Crippen molar-refractivity contribution in [3.63, 3.8) is 0 Å². The highest BCUT2D eigenvalue weighted by molar-refractivity contribution is 4.84. The van der Waals surface area contributed by atoms with Crippen LogP contribution in [0.2, 0.25) is 0 Å². The zero-order valence-electron chi connectivity index (χ0n) is 28.9. The highest BCUT2D eigenvalue weighted by Gasteiger charge is 2.15. The molecule has 0 aliphatic rings. The van der Waals surface area contributed by atoms with Crippen molar-refractivity contribution < 1.29 is 4.57 Å². The summed E-state index contributed by atoms with van der Waals surface area (Å²) < 4.78 is 5.14. The van der Waals surface area contributed by atoms with Crippen LogP contribution >= 0.6 is 0 Å². The first-order chi connectivity index (χ1) is 20.3. The van der Waals surface area contributed by atoms with Crippen molar-refractivity contribution >= 4 is 0 Å². The van der Waals surface area contributed by atoms with Crippen LogP contribution in [-0.2, 0) is 19.5 Å². The van der Waals surface area contributed by atoms with Gasteiger partial charge in [0.2, 0.25) is 0 Å². The Morgan fingerprint density at radius 3 is 1.12 bits per heavy atom. The van der Waals surface area contributed by atoms with E-state index < -0.39 is 0 Å². The highest BCUT2D eigenvalue weighted by atomic mass is 15.1. The molecule has 1 aromatic rings. The summed E-state index contributed by atoms with van der Waals surface area (Å²) in [5.41, 5.74) is 0. The lowest BCUT2D eigenvalue weighted by Gasteiger charge is -2.06. The van der Waals surface area contributed by atoms with Crippen LogP contribution in [0.1, 0.15) is 219 Å². The molecule has 0 fully saturated rings. The van der Waals surface area contributed by atoms with Crippen molar-refractivity contribution in [2.24, 2.45) is 0 Å². The lowest BCUT2D eigenvalue weighted by molar-refractivity contribution is -0.704. The van der Waals surface area contributed by atoms with Gasteiger partial charge in [-0.3, -0.25) is 0 Å². The number of hydrogen-bond donors (Lipinski definition) is 0. The van der Waals surface area contributed by atoms with Gasteiger partial charge in [-0.05, 0) is 25.7 Å². The zero-order valence-corrected chi connectivity index (χ0v) is 28.9. The van der Waals surface area contributed by atoms with Gasteiger partial charge in [0, 0.05) is 6.42 Å². The van der Waals surface area contributed by atoms with Crippen molar-refractivity contribution in [3.8, 4) is 0 Å². The van der Waals surface area contributed by atoms with Crippen LogP contribution in [0.3, 0.4) is 0 Å². The minimum absolute atomic E-state index is 1.18. The Hall–Kier alpha value is -0.790. The van der Waals surface area contributed by atoms with E-state index in [0.717, 1.165) is 0 Å². The summed E-state index contributed by atoms with van der Waals surface area (Å²) in [6.45, 7) is 9.34. The second-order valence-corrected chi connectivity index (χ2v) is 13.4. The van der Waals surface area contributed by atoms with Crippen molar-refractivity contribution in [3.05, 3.63) is 18.2 Å². The molecule has 0 aliphatic carbocycles. The van der Waals surface area contributed by atoms with Crippen LogP contribution in [0.5, 0.6) is 0 Å². The molecule has 0 amide bonds. The maximum atomic E-state index is 2.60. The van der Waals surface area contributed by atoms with E-state index in [2.05, 4.69) is 42.3 Å². The monoisotopic (exact) mass is 574 g/mol. The fourth-order valence-corrected chi connectivity index (χ4v) is 6.56. The van der Waals surface area contributed by atoms with Crippen molar-refractivity contribution in [1.29, 1.82) is 0 Å². The second kappa shape index (κ2) is 30.7. The van der Waals surface area contributed by atoms with Gasteiger partial charge in [-0.1, -0.05) is 188 Å². The molecule has 2 heteroatoms. The van der Waals surface area contributed by atoms with Crippen LogP contribution in [0, 0.1) is 0 Å². The normalized spacial score (nSPS) is 11.6. The Labute approximate surface area is 259 Å². The van der Waals surface area contributed by atoms with Crippen LogP contribution < -0.4 is 4.57 Å². The topological polar surface area (TPSA) is 8.81 Å². The van der Waals surface area contributed by atoms with Gasteiger partial charge in [0.05, 0.1) is 13.1 Å². The van der Waals surface area contributed by atoms with Crippen molar-refractivity contribution in [1.82, 2.24) is 4.57 Å². The predicted molar refractivity (Wildman–Crippen MR) is 184 cm³/mol. The highest BCUT2D eigenvalue weighted by Crippen LogP contribution is 2.15. The number of aryl methyl sites for hydroxylation is 2. The quantitative estimate of drug-likeness (QED) is 0.0584. The molecular formula is C39H77N2+. The number of imidazole rings is 1. The molecule has 0 bridgehead atoms. The summed E-state index contributed by atoms with van der Waals surface area (Å²) >= 11 is 0. The largest absolute Gasteiger partial charge is 0.256 e. The first-order valence-electron chi connectivity index (χ1n) is 19.4. The lowest BCUT2D eigenvalue weighted by Crippen LogP contribution is -2.37. The average molecular weight is 574 g/mol. The van der Waals surface area contributed by atoms with Crippen LogP contribution in [-0.4, -0.2) is 4.57 Å². The molecule has 0 radical (unpaired) electrons. The standard InChI is InChI=1S/C39H77N2/c1-4-7-9-11-13-15-17-19-20-21-22-23-25-27-29-31-33-36-41-38-37-40(35-6-3)39(41)34-32-30-28-26-24-18-16-14-12-10-8-5-2/h37-38H,4-36H2,1-3H3/q+1. The molecule has 0 aromatic carbocycles. The summed E-state index contributed by atoms with van der Waals surface area (Å²) in [6, 6.07) is 0. The Bertz CT molecular complexity index is 634. The van der Waals surface area contributed by atoms with Gasteiger partial charge in [0.1, 0.15) is 12.4 Å². The second-order valence-electron chi connectivity index (χ2n) is 13.4. The minimum atomic E-state index is 1.18. The van der Waals surface area contributed by atoms with Gasteiger partial charge in [0.25, 0.3) is 5.82 Å². The summed E-state index contributed by atoms with van der Waals surface area (Å²) in [5.74, 6) is 1.59. The van der Waals surface area contributed by atoms with Gasteiger partial charge in [-0.15, -0.1) is 0 Å². The Morgan fingerprint density at radius 1 is 0.415 bits per heavy atom. The molecule has 2 nitrogen and oxygen atoms in total. The maximum Gasteiger partial charge on any atom is 0.256 e. The average Bonchev–Trinajstić information content (AvgIpc) is 3.36. The Balaban J connectivity index is 2.01. The molecule has 242 valence electrons. The van der Waals surface area contributed by atoms with Gasteiger partial charge in [0.15, 0.2) is 0 Å².